The van der Waals surface area contributed by atoms with E-state index in [1.54, 1.807) is 0 Å². The van der Waals surface area contributed by atoms with E-state index in [0.717, 1.165) is 56.3 Å². The number of hydrogen-bond acceptors (Lipinski definition) is 7. The molecule has 1 aromatic heterocycles. The van der Waals surface area contributed by atoms with Crippen molar-refractivity contribution in [2.24, 2.45) is 10.6 Å². The maximum absolute atomic E-state index is 11.6. The van der Waals surface area contributed by atoms with Crippen LogP contribution < -0.4 is 4.74 Å². The van der Waals surface area contributed by atoms with Crippen LogP contribution in [0, 0.1) is 5.41 Å². The number of rotatable bonds is 7. The quantitative estimate of drug-likeness (QED) is 0.594. The lowest BCUT2D eigenvalue weighted by Crippen LogP contribution is -2.61. The predicted octanol–water partition coefficient (Wildman–Crippen LogP) is 4.50. The molecule has 3 aliphatic heterocycles. The molecule has 1 spiro atoms. The molecule has 2 aromatic rings. The molecule has 0 bridgehead atoms. The van der Waals surface area contributed by atoms with E-state index in [9.17, 15) is 9.90 Å². The summed E-state index contributed by atoms with van der Waals surface area (Å²) in [6, 6.07) is 8.68. The number of aromatic nitrogens is 1. The zero-order valence-electron chi connectivity index (χ0n) is 21.8. The first kappa shape index (κ1) is 24.2. The van der Waals surface area contributed by atoms with Gasteiger partial charge in [0.05, 0.1) is 18.4 Å². The molecule has 1 aliphatic carbocycles. The van der Waals surface area contributed by atoms with E-state index in [4.69, 9.17) is 9.57 Å². The molecule has 1 N–H and O–H groups in total. The Hall–Kier alpha value is -3.13. The molecule has 196 valence electrons. The summed E-state index contributed by atoms with van der Waals surface area (Å²) in [4.78, 5) is 26.5. The predicted molar refractivity (Wildman–Crippen MR) is 141 cm³/mol. The number of aliphatic carboxylic acids is 1. The first-order valence-electron chi connectivity index (χ1n) is 13.5. The molecule has 8 nitrogen and oxygen atoms in total. The van der Waals surface area contributed by atoms with Gasteiger partial charge in [-0.05, 0) is 68.7 Å². The van der Waals surface area contributed by atoms with Gasteiger partial charge in [-0.15, -0.1) is 0 Å². The number of oxime groups is 1. The first-order chi connectivity index (χ1) is 17.9. The largest absolute Gasteiger partial charge is 0.493 e. The number of benzene rings is 1. The van der Waals surface area contributed by atoms with Crippen molar-refractivity contribution in [3.63, 3.8) is 0 Å². The molecule has 4 heterocycles. The molecule has 2 saturated heterocycles. The average Bonchev–Trinajstić information content (AvgIpc) is 3.63. The Kier molecular flexibility index (Phi) is 6.10. The first-order valence-corrected chi connectivity index (χ1v) is 13.5. The molecule has 0 amide bonds. The molecule has 0 radical (unpaired) electrons. The highest BCUT2D eigenvalue weighted by Crippen LogP contribution is 2.48. The van der Waals surface area contributed by atoms with Gasteiger partial charge in [0.25, 0.3) is 0 Å². The summed E-state index contributed by atoms with van der Waals surface area (Å²) in [7, 11) is 0. The van der Waals surface area contributed by atoms with E-state index in [2.05, 4.69) is 38.1 Å². The van der Waals surface area contributed by atoms with Gasteiger partial charge in [-0.2, -0.15) is 0 Å². The number of carbonyl (C=O) groups is 1. The van der Waals surface area contributed by atoms with Crippen LogP contribution in [0.25, 0.3) is 11.1 Å². The van der Waals surface area contributed by atoms with Gasteiger partial charge in [-0.1, -0.05) is 17.3 Å². The number of pyridine rings is 1. The van der Waals surface area contributed by atoms with Crippen LogP contribution in [0.4, 0.5) is 0 Å². The number of piperidine rings is 1. The monoisotopic (exact) mass is 504 g/mol. The minimum Gasteiger partial charge on any atom is -0.493 e. The van der Waals surface area contributed by atoms with Crippen molar-refractivity contribution in [1.29, 1.82) is 0 Å². The van der Waals surface area contributed by atoms with Crippen molar-refractivity contribution in [3.05, 3.63) is 47.8 Å². The van der Waals surface area contributed by atoms with Crippen molar-refractivity contribution in [1.82, 2.24) is 14.8 Å². The smallest absolute Gasteiger partial charge is 0.309 e. The third-order valence-corrected chi connectivity index (χ3v) is 8.46. The fourth-order valence-corrected chi connectivity index (χ4v) is 6.05. The van der Waals surface area contributed by atoms with Crippen molar-refractivity contribution in [2.75, 3.05) is 32.8 Å². The number of hydrogen-bond donors (Lipinski definition) is 1. The summed E-state index contributed by atoms with van der Waals surface area (Å²) in [5, 5.41) is 14.0. The number of carboxylic acid groups (broad SMARTS) is 1. The normalized spacial score (nSPS) is 22.3. The van der Waals surface area contributed by atoms with Gasteiger partial charge in [-0.25, -0.2) is 0 Å². The summed E-state index contributed by atoms with van der Waals surface area (Å²) in [6.45, 7) is 8.49. The maximum Gasteiger partial charge on any atom is 0.309 e. The SMILES string of the molecule is CCOc1cc(CN2CC3(CC(N4CCC(C)(C(=O)O)CC4)=NO3)C2)cc(C2CC2)c1-c1cccnc1. The van der Waals surface area contributed by atoms with Gasteiger partial charge in [0.15, 0.2) is 5.60 Å². The highest BCUT2D eigenvalue weighted by atomic mass is 16.7. The van der Waals surface area contributed by atoms with Crippen LogP contribution in [-0.2, 0) is 16.2 Å². The standard InChI is InChI=1S/C29H36N4O4/c1-3-36-24-14-20(13-23(21-6-7-21)26(24)22-5-4-10-30-16-22)17-32-18-29(19-32)15-25(31-37-29)33-11-8-28(2,9-12-33)27(34)35/h4-5,10,13-14,16,21H,3,6-9,11-12,15,17-19H2,1-2H3,(H,34,35). The molecule has 0 atom stereocenters. The Bertz CT molecular complexity index is 1200. The van der Waals surface area contributed by atoms with Gasteiger partial charge in [-0.3, -0.25) is 14.7 Å². The fourth-order valence-electron chi connectivity index (χ4n) is 6.05. The Morgan fingerprint density at radius 3 is 2.68 bits per heavy atom. The van der Waals surface area contributed by atoms with Gasteiger partial charge >= 0.3 is 5.97 Å². The third-order valence-electron chi connectivity index (χ3n) is 8.46. The van der Waals surface area contributed by atoms with Crippen LogP contribution >= 0.6 is 0 Å². The topological polar surface area (TPSA) is 87.5 Å². The minimum atomic E-state index is -0.700. The molecule has 8 heteroatoms. The van der Waals surface area contributed by atoms with Crippen molar-refractivity contribution < 1.29 is 19.5 Å². The van der Waals surface area contributed by atoms with Crippen molar-refractivity contribution in [3.8, 4) is 16.9 Å². The molecule has 1 saturated carbocycles. The second-order valence-corrected chi connectivity index (χ2v) is 11.5. The summed E-state index contributed by atoms with van der Waals surface area (Å²) in [5.74, 6) is 1.82. The van der Waals surface area contributed by atoms with Gasteiger partial charge in [0, 0.05) is 56.2 Å². The zero-order chi connectivity index (χ0) is 25.6. The highest BCUT2D eigenvalue weighted by Gasteiger charge is 2.51. The molecular weight excluding hydrogens is 468 g/mol. The van der Waals surface area contributed by atoms with Crippen LogP contribution in [-0.4, -0.2) is 70.1 Å². The lowest BCUT2D eigenvalue weighted by atomic mass is 9.80. The van der Waals surface area contributed by atoms with E-state index in [1.807, 2.05) is 32.3 Å². The fraction of sp³-hybridized carbons (Fsp3) is 0.552. The molecular formula is C29H36N4O4. The van der Waals surface area contributed by atoms with E-state index >= 15 is 0 Å². The lowest BCUT2D eigenvalue weighted by molar-refractivity contribution is -0.150. The van der Waals surface area contributed by atoms with E-state index in [-0.39, 0.29) is 5.60 Å². The summed E-state index contributed by atoms with van der Waals surface area (Å²) >= 11 is 0. The van der Waals surface area contributed by atoms with Crippen LogP contribution in [0.15, 0.2) is 41.8 Å². The number of carboxylic acids is 1. The van der Waals surface area contributed by atoms with E-state index < -0.39 is 11.4 Å². The minimum absolute atomic E-state index is 0.249. The number of amidine groups is 1. The zero-order valence-corrected chi connectivity index (χ0v) is 21.8. The van der Waals surface area contributed by atoms with Crippen LogP contribution in [0.2, 0.25) is 0 Å². The summed E-state index contributed by atoms with van der Waals surface area (Å²) < 4.78 is 6.16. The van der Waals surface area contributed by atoms with E-state index in [1.165, 1.54) is 29.5 Å². The summed E-state index contributed by atoms with van der Waals surface area (Å²) in [6.07, 6.45) is 8.28. The second-order valence-electron chi connectivity index (χ2n) is 11.5. The van der Waals surface area contributed by atoms with E-state index in [0.29, 0.717) is 25.4 Å². The Morgan fingerprint density at radius 2 is 2.03 bits per heavy atom. The number of ether oxygens (including phenoxy) is 1. The lowest BCUT2D eigenvalue weighted by Gasteiger charge is -2.45. The van der Waals surface area contributed by atoms with Gasteiger partial charge in [0.2, 0.25) is 0 Å². The number of nitrogens with zero attached hydrogens (tertiary/aromatic N) is 4. The van der Waals surface area contributed by atoms with Crippen LogP contribution in [0.1, 0.15) is 63.0 Å². The van der Waals surface area contributed by atoms with Crippen LogP contribution in [0.5, 0.6) is 5.75 Å². The molecule has 37 heavy (non-hydrogen) atoms. The summed E-state index contributed by atoms with van der Waals surface area (Å²) in [5.41, 5.74) is 4.09. The maximum atomic E-state index is 11.6. The third kappa shape index (κ3) is 4.67. The molecule has 3 fully saturated rings. The molecule has 4 aliphatic rings. The van der Waals surface area contributed by atoms with Crippen LogP contribution in [0.3, 0.4) is 0 Å². The molecule has 6 rings (SSSR count). The molecule has 1 aromatic carbocycles. The molecule has 0 unspecified atom stereocenters. The number of likely N-dealkylation sites (tertiary alicyclic amines) is 2. The van der Waals surface area contributed by atoms with Gasteiger partial charge in [0.1, 0.15) is 11.6 Å². The highest BCUT2D eigenvalue weighted by molar-refractivity contribution is 5.85. The average molecular weight is 505 g/mol. The Morgan fingerprint density at radius 1 is 1.24 bits per heavy atom. The Balaban J connectivity index is 1.11. The second kappa shape index (κ2) is 9.31. The van der Waals surface area contributed by atoms with Crippen molar-refractivity contribution in [2.45, 2.75) is 64.0 Å². The van der Waals surface area contributed by atoms with Gasteiger partial charge < -0.3 is 19.6 Å². The Labute approximate surface area is 218 Å². The van der Waals surface area contributed by atoms with Crippen molar-refractivity contribution >= 4 is 11.8 Å².